The second-order valence-corrected chi connectivity index (χ2v) is 8.10. The van der Waals surface area contributed by atoms with E-state index in [0.717, 1.165) is 32.3 Å². The number of nitrogens with one attached hydrogen (secondary N) is 1. The van der Waals surface area contributed by atoms with Gasteiger partial charge in [-0.25, -0.2) is 0 Å². The van der Waals surface area contributed by atoms with E-state index in [1.54, 1.807) is 0 Å². The van der Waals surface area contributed by atoms with E-state index in [0.29, 0.717) is 5.82 Å². The van der Waals surface area contributed by atoms with Crippen molar-refractivity contribution in [2.75, 3.05) is 0 Å². The molecule has 0 amide bonds. The molecule has 1 N–H and O–H groups in total. The van der Waals surface area contributed by atoms with Gasteiger partial charge in [0, 0.05) is 10.0 Å². The van der Waals surface area contributed by atoms with Crippen molar-refractivity contribution in [3.63, 3.8) is 0 Å². The smallest absolute Gasteiger partial charge is 0.177 e. The first-order chi connectivity index (χ1) is 15.3. The van der Waals surface area contributed by atoms with Crippen molar-refractivity contribution in [1.29, 1.82) is 0 Å². The van der Waals surface area contributed by atoms with Crippen LogP contribution < -0.4 is 0 Å². The highest BCUT2D eigenvalue weighted by atomic mass is 79.9. The van der Waals surface area contributed by atoms with E-state index >= 15 is 0 Å². The lowest BCUT2D eigenvalue weighted by molar-refractivity contribution is 0.745. The van der Waals surface area contributed by atoms with Crippen LogP contribution in [0.2, 0.25) is 0 Å². The Morgan fingerprint density at radius 1 is 0.613 bits per heavy atom. The van der Waals surface area contributed by atoms with Gasteiger partial charge in [-0.1, -0.05) is 119 Å². The summed E-state index contributed by atoms with van der Waals surface area (Å²) in [6, 6.07) is 38.0. The molecule has 0 radical (unpaired) electrons. The van der Waals surface area contributed by atoms with E-state index in [2.05, 4.69) is 121 Å². The number of aromatic nitrogens is 4. The van der Waals surface area contributed by atoms with Gasteiger partial charge in [0.25, 0.3) is 0 Å². The van der Waals surface area contributed by atoms with Crippen LogP contribution in [0.4, 0.5) is 0 Å². The predicted molar refractivity (Wildman–Crippen MR) is 126 cm³/mol. The van der Waals surface area contributed by atoms with Gasteiger partial charge in [-0.3, -0.25) is 0 Å². The maximum Gasteiger partial charge on any atom is 0.206 e. The number of H-pyrrole nitrogens is 1. The van der Waals surface area contributed by atoms with Gasteiger partial charge >= 0.3 is 0 Å². The van der Waals surface area contributed by atoms with Crippen molar-refractivity contribution in [2.45, 2.75) is 5.41 Å². The SMILES string of the molecule is Brc1cccc(C(c2ccccc2)(c2ccccc2)c2ccccc2)c1-c1nn[nH]n1. The quantitative estimate of drug-likeness (QED) is 0.322. The van der Waals surface area contributed by atoms with Crippen LogP contribution in [0.15, 0.2) is 114 Å². The molecule has 0 fully saturated rings. The van der Waals surface area contributed by atoms with Gasteiger partial charge in [-0.2, -0.15) is 5.21 Å². The third-order valence-corrected chi connectivity index (χ3v) is 6.27. The Hall–Kier alpha value is -3.57. The second kappa shape index (κ2) is 8.28. The molecule has 1 aromatic heterocycles. The fraction of sp³-hybridized carbons (Fsp3) is 0.0385. The molecule has 5 rings (SSSR count). The van der Waals surface area contributed by atoms with E-state index in [1.165, 1.54) is 0 Å². The van der Waals surface area contributed by atoms with Gasteiger partial charge in [-0.05, 0) is 33.5 Å². The fourth-order valence-electron chi connectivity index (χ4n) is 4.36. The molecule has 0 spiro atoms. The normalized spacial score (nSPS) is 11.4. The summed E-state index contributed by atoms with van der Waals surface area (Å²) >= 11 is 3.76. The van der Waals surface area contributed by atoms with E-state index in [1.807, 2.05) is 24.3 Å². The van der Waals surface area contributed by atoms with E-state index in [4.69, 9.17) is 0 Å². The number of rotatable bonds is 5. The van der Waals surface area contributed by atoms with Gasteiger partial charge in [0.2, 0.25) is 5.82 Å². The van der Waals surface area contributed by atoms with Crippen LogP contribution in [0.5, 0.6) is 0 Å². The maximum atomic E-state index is 4.33. The van der Waals surface area contributed by atoms with Gasteiger partial charge in [0.1, 0.15) is 0 Å². The van der Waals surface area contributed by atoms with Crippen molar-refractivity contribution in [1.82, 2.24) is 20.6 Å². The third-order valence-electron chi connectivity index (χ3n) is 5.61. The molecule has 4 aromatic carbocycles. The average molecular weight is 467 g/mol. The Kier molecular flexibility index (Phi) is 5.18. The fourth-order valence-corrected chi connectivity index (χ4v) is 4.91. The van der Waals surface area contributed by atoms with Crippen LogP contribution in [-0.4, -0.2) is 20.6 Å². The summed E-state index contributed by atoms with van der Waals surface area (Å²) in [7, 11) is 0. The second-order valence-electron chi connectivity index (χ2n) is 7.25. The van der Waals surface area contributed by atoms with E-state index in [9.17, 15) is 0 Å². The first kappa shape index (κ1) is 19.4. The number of hydrogen-bond acceptors (Lipinski definition) is 3. The van der Waals surface area contributed by atoms with Gasteiger partial charge in [0.15, 0.2) is 0 Å². The summed E-state index contributed by atoms with van der Waals surface area (Å²) in [5.74, 6) is 0.551. The first-order valence-electron chi connectivity index (χ1n) is 10.0. The highest BCUT2D eigenvalue weighted by molar-refractivity contribution is 9.10. The summed E-state index contributed by atoms with van der Waals surface area (Å²) in [6.45, 7) is 0. The van der Waals surface area contributed by atoms with Crippen molar-refractivity contribution in [2.24, 2.45) is 0 Å². The lowest BCUT2D eigenvalue weighted by atomic mass is 9.64. The molecule has 0 atom stereocenters. The van der Waals surface area contributed by atoms with E-state index in [-0.39, 0.29) is 0 Å². The molecule has 0 bridgehead atoms. The number of halogens is 1. The Morgan fingerprint density at radius 2 is 1.13 bits per heavy atom. The minimum absolute atomic E-state index is 0.551. The summed E-state index contributed by atoms with van der Waals surface area (Å²) < 4.78 is 0.915. The maximum absolute atomic E-state index is 4.33. The summed E-state index contributed by atoms with van der Waals surface area (Å²) in [5.41, 5.74) is 4.89. The lowest BCUT2D eigenvalue weighted by Crippen LogP contribution is -2.31. The minimum Gasteiger partial charge on any atom is -0.177 e. The number of hydrogen-bond donors (Lipinski definition) is 1. The molecule has 0 saturated heterocycles. The summed E-state index contributed by atoms with van der Waals surface area (Å²) in [6.07, 6.45) is 0. The molecule has 5 heteroatoms. The van der Waals surface area contributed by atoms with Crippen LogP contribution in [-0.2, 0) is 5.41 Å². The van der Waals surface area contributed by atoms with Crippen molar-refractivity contribution in [3.05, 3.63) is 136 Å². The molecule has 0 saturated carbocycles. The number of aromatic amines is 1. The Labute approximate surface area is 189 Å². The Balaban J connectivity index is 1.97. The molecule has 0 aliphatic rings. The Bertz CT molecular complexity index is 1170. The molecule has 0 aliphatic heterocycles. The van der Waals surface area contributed by atoms with Crippen molar-refractivity contribution < 1.29 is 0 Å². The highest BCUT2D eigenvalue weighted by Crippen LogP contribution is 2.49. The molecule has 5 aromatic rings. The first-order valence-corrected chi connectivity index (χ1v) is 10.8. The molecule has 150 valence electrons. The van der Waals surface area contributed by atoms with Crippen molar-refractivity contribution in [3.8, 4) is 11.4 Å². The molecule has 0 unspecified atom stereocenters. The van der Waals surface area contributed by atoms with Gasteiger partial charge < -0.3 is 0 Å². The largest absolute Gasteiger partial charge is 0.206 e. The van der Waals surface area contributed by atoms with Gasteiger partial charge in [0.05, 0.1) is 5.41 Å². The average Bonchev–Trinajstić information content (AvgIpc) is 3.36. The standard InChI is InChI=1S/C26H19BrN4/c27-23-18-10-17-22(24(23)25-28-30-31-29-25)26(19-11-4-1-5-12-19,20-13-6-2-7-14-20)21-15-8-3-9-16-21/h1-18H,(H,28,29,30,31). The van der Waals surface area contributed by atoms with Crippen molar-refractivity contribution >= 4 is 15.9 Å². The zero-order chi connectivity index (χ0) is 21.1. The van der Waals surface area contributed by atoms with Crippen LogP contribution >= 0.6 is 15.9 Å². The number of benzene rings is 4. The van der Waals surface area contributed by atoms with E-state index < -0.39 is 5.41 Å². The summed E-state index contributed by atoms with van der Waals surface area (Å²) in [4.78, 5) is 0. The van der Waals surface area contributed by atoms with Crippen LogP contribution in [0.1, 0.15) is 22.3 Å². The Morgan fingerprint density at radius 3 is 1.58 bits per heavy atom. The molecule has 31 heavy (non-hydrogen) atoms. The number of tetrazole rings is 1. The van der Waals surface area contributed by atoms with Crippen LogP contribution in [0.3, 0.4) is 0 Å². The zero-order valence-electron chi connectivity index (χ0n) is 16.6. The minimum atomic E-state index is -0.580. The molecular weight excluding hydrogens is 448 g/mol. The van der Waals surface area contributed by atoms with Gasteiger partial charge in [-0.15, -0.1) is 10.2 Å². The monoisotopic (exact) mass is 466 g/mol. The molecule has 1 heterocycles. The lowest BCUT2D eigenvalue weighted by Gasteiger charge is -2.38. The molecule has 4 nitrogen and oxygen atoms in total. The highest BCUT2D eigenvalue weighted by Gasteiger charge is 2.41. The predicted octanol–water partition coefficient (Wildman–Crippen LogP) is 6.01. The molecular formula is C26H19BrN4. The molecule has 0 aliphatic carbocycles. The van der Waals surface area contributed by atoms with Crippen LogP contribution in [0.25, 0.3) is 11.4 Å². The topological polar surface area (TPSA) is 54.5 Å². The summed E-state index contributed by atoms with van der Waals surface area (Å²) in [5, 5.41) is 15.1. The zero-order valence-corrected chi connectivity index (χ0v) is 18.2. The third kappa shape index (κ3) is 3.27. The van der Waals surface area contributed by atoms with Crippen LogP contribution in [0, 0.1) is 0 Å². The number of nitrogens with zero attached hydrogens (tertiary/aromatic N) is 3.